The van der Waals surface area contributed by atoms with Crippen molar-refractivity contribution in [2.45, 2.75) is 58.5 Å². The van der Waals surface area contributed by atoms with Crippen LogP contribution in [0.4, 0.5) is 17.6 Å². The minimum atomic E-state index is -2.95. The average Bonchev–Trinajstić information content (AvgIpc) is 2.85. The van der Waals surface area contributed by atoms with E-state index in [0.717, 1.165) is 11.5 Å². The molecule has 1 saturated carbocycles. The fraction of sp³-hybridized carbons (Fsp3) is 0.357. The maximum atomic E-state index is 14.6. The Labute approximate surface area is 197 Å². The summed E-state index contributed by atoms with van der Waals surface area (Å²) in [5.41, 5.74) is 3.03. The summed E-state index contributed by atoms with van der Waals surface area (Å²) in [7, 11) is 0. The van der Waals surface area contributed by atoms with E-state index in [1.165, 1.54) is 68.0 Å². The molecule has 0 saturated heterocycles. The predicted octanol–water partition coefficient (Wildman–Crippen LogP) is 9.02. The average molecular weight is 473 g/mol. The van der Waals surface area contributed by atoms with Crippen LogP contribution in [-0.4, -0.2) is 6.61 Å². The Hall–Kier alpha value is -3.02. The molecule has 3 aromatic rings. The van der Waals surface area contributed by atoms with Crippen LogP contribution >= 0.6 is 0 Å². The van der Waals surface area contributed by atoms with Crippen molar-refractivity contribution in [2.75, 3.05) is 0 Å². The Morgan fingerprint density at radius 1 is 0.882 bits per heavy atom. The zero-order valence-corrected chi connectivity index (χ0v) is 19.3. The predicted molar refractivity (Wildman–Crippen MR) is 125 cm³/mol. The summed E-state index contributed by atoms with van der Waals surface area (Å²) < 4.78 is 63.7. The number of ether oxygens (including phenoxy) is 2. The van der Waals surface area contributed by atoms with E-state index in [1.54, 1.807) is 6.92 Å². The lowest BCUT2D eigenvalue weighted by molar-refractivity contribution is -0.0498. The number of halogens is 4. The van der Waals surface area contributed by atoms with E-state index in [0.29, 0.717) is 17.0 Å². The minimum Gasteiger partial charge on any atom is -0.454 e. The topological polar surface area (TPSA) is 18.5 Å². The lowest BCUT2D eigenvalue weighted by Gasteiger charge is -2.28. The Morgan fingerprint density at radius 2 is 1.50 bits per heavy atom. The molecule has 0 unspecified atom stereocenters. The summed E-state index contributed by atoms with van der Waals surface area (Å²) in [4.78, 5) is 0. The van der Waals surface area contributed by atoms with E-state index >= 15 is 0 Å². The molecule has 3 aromatic carbocycles. The first-order chi connectivity index (χ1) is 16.4. The third kappa shape index (κ3) is 5.37. The summed E-state index contributed by atoms with van der Waals surface area (Å²) in [6.45, 7) is 0.968. The third-order valence-electron chi connectivity index (χ3n) is 6.81. The van der Waals surface area contributed by atoms with Gasteiger partial charge in [-0.15, -0.1) is 0 Å². The van der Waals surface area contributed by atoms with Crippen molar-refractivity contribution in [1.82, 2.24) is 0 Å². The molecule has 1 fully saturated rings. The second kappa shape index (κ2) is 10.5. The molecule has 1 aliphatic rings. The molecule has 6 heteroatoms. The van der Waals surface area contributed by atoms with Crippen LogP contribution in [0.2, 0.25) is 0 Å². The highest BCUT2D eigenvalue weighted by Crippen LogP contribution is 2.40. The summed E-state index contributed by atoms with van der Waals surface area (Å²) in [6.07, 6.45) is 6.10. The molecule has 2 nitrogen and oxygen atoms in total. The number of rotatable bonds is 7. The van der Waals surface area contributed by atoms with Crippen molar-refractivity contribution < 1.29 is 27.0 Å². The van der Waals surface area contributed by atoms with Gasteiger partial charge in [-0.2, -0.15) is 13.2 Å². The zero-order valence-electron chi connectivity index (χ0n) is 19.3. The molecule has 0 N–H and O–H groups in total. The van der Waals surface area contributed by atoms with Crippen LogP contribution < -0.4 is 9.47 Å². The molecular formula is C28H28F4O2. The summed E-state index contributed by atoms with van der Waals surface area (Å²) in [5.74, 6) is -0.861. The van der Waals surface area contributed by atoms with Crippen LogP contribution in [0.15, 0.2) is 54.6 Å². The van der Waals surface area contributed by atoms with Gasteiger partial charge in [0.25, 0.3) is 0 Å². The highest BCUT2D eigenvalue weighted by Gasteiger charge is 2.22. The van der Waals surface area contributed by atoms with Crippen molar-refractivity contribution in [3.8, 4) is 28.4 Å². The molecule has 0 radical (unpaired) electrons. The monoisotopic (exact) mass is 472 g/mol. The Morgan fingerprint density at radius 3 is 2.09 bits per heavy atom. The smallest absolute Gasteiger partial charge is 0.387 e. The molecule has 0 bridgehead atoms. The van der Waals surface area contributed by atoms with Gasteiger partial charge in [-0.3, -0.25) is 0 Å². The highest BCUT2D eigenvalue weighted by atomic mass is 19.3. The van der Waals surface area contributed by atoms with Crippen LogP contribution in [0.1, 0.15) is 56.1 Å². The van der Waals surface area contributed by atoms with Gasteiger partial charge in [0.1, 0.15) is 11.5 Å². The standard InChI is InChI=1S/C28H28F4O2/c1-3-18-4-6-19(7-5-18)20-8-10-21(11-9-20)24-16-25(29)26(30)27(17(24)2)33-22-12-14-23(15-13-22)34-28(31)32/h8-16,18-19,28H,3-7H2,1-2H3/t18-,19-. The first-order valence-electron chi connectivity index (χ1n) is 11.7. The lowest BCUT2D eigenvalue weighted by Crippen LogP contribution is -2.12. The zero-order chi connectivity index (χ0) is 24.2. The van der Waals surface area contributed by atoms with Crippen LogP contribution in [0, 0.1) is 24.5 Å². The fourth-order valence-electron chi connectivity index (χ4n) is 4.76. The Bertz CT molecular complexity index is 1100. The van der Waals surface area contributed by atoms with E-state index in [4.69, 9.17) is 4.74 Å². The van der Waals surface area contributed by atoms with Crippen LogP contribution in [0.25, 0.3) is 11.1 Å². The maximum absolute atomic E-state index is 14.6. The SMILES string of the molecule is CC[C@H]1CC[C@H](c2ccc(-c3cc(F)c(F)c(Oc4ccc(OC(F)F)cc4)c3C)cc2)CC1. The minimum absolute atomic E-state index is 0.0530. The van der Waals surface area contributed by atoms with Gasteiger partial charge in [0.15, 0.2) is 11.6 Å². The molecule has 0 aromatic heterocycles. The Kier molecular flexibility index (Phi) is 7.44. The summed E-state index contributed by atoms with van der Waals surface area (Å²) in [6, 6.07) is 14.5. The molecule has 34 heavy (non-hydrogen) atoms. The Balaban J connectivity index is 1.56. The van der Waals surface area contributed by atoms with Gasteiger partial charge in [0.2, 0.25) is 5.82 Å². The van der Waals surface area contributed by atoms with Crippen LogP contribution in [0.5, 0.6) is 17.2 Å². The first kappa shape index (κ1) is 24.1. The second-order valence-electron chi connectivity index (χ2n) is 8.87. The third-order valence-corrected chi connectivity index (χ3v) is 6.81. The molecule has 0 amide bonds. The number of benzene rings is 3. The van der Waals surface area contributed by atoms with Gasteiger partial charge in [0, 0.05) is 5.56 Å². The van der Waals surface area contributed by atoms with Gasteiger partial charge in [0.05, 0.1) is 0 Å². The summed E-state index contributed by atoms with van der Waals surface area (Å²) in [5, 5.41) is 0. The van der Waals surface area contributed by atoms with Crippen molar-refractivity contribution in [3.05, 3.63) is 77.4 Å². The van der Waals surface area contributed by atoms with Crippen LogP contribution in [0.3, 0.4) is 0 Å². The van der Waals surface area contributed by atoms with Gasteiger partial charge in [-0.1, -0.05) is 37.6 Å². The number of hydrogen-bond acceptors (Lipinski definition) is 2. The van der Waals surface area contributed by atoms with Crippen molar-refractivity contribution in [3.63, 3.8) is 0 Å². The molecular weight excluding hydrogens is 444 g/mol. The molecule has 4 rings (SSSR count). The van der Waals surface area contributed by atoms with Gasteiger partial charge in [-0.05, 0) is 91.5 Å². The first-order valence-corrected chi connectivity index (χ1v) is 11.7. The van der Waals surface area contributed by atoms with E-state index in [9.17, 15) is 17.6 Å². The fourth-order valence-corrected chi connectivity index (χ4v) is 4.76. The van der Waals surface area contributed by atoms with E-state index < -0.39 is 18.2 Å². The number of alkyl halides is 2. The van der Waals surface area contributed by atoms with Crippen molar-refractivity contribution in [1.29, 1.82) is 0 Å². The normalized spacial score (nSPS) is 18.2. The summed E-state index contributed by atoms with van der Waals surface area (Å²) >= 11 is 0. The van der Waals surface area contributed by atoms with Gasteiger partial charge in [-0.25, -0.2) is 4.39 Å². The lowest BCUT2D eigenvalue weighted by atomic mass is 9.77. The van der Waals surface area contributed by atoms with E-state index in [2.05, 4.69) is 23.8 Å². The number of hydrogen-bond donors (Lipinski definition) is 0. The molecule has 0 heterocycles. The largest absolute Gasteiger partial charge is 0.454 e. The molecule has 1 aliphatic carbocycles. The highest BCUT2D eigenvalue weighted by molar-refractivity contribution is 5.70. The quantitative estimate of drug-likeness (QED) is 0.319. The van der Waals surface area contributed by atoms with Gasteiger partial charge >= 0.3 is 6.61 Å². The van der Waals surface area contributed by atoms with Crippen LogP contribution in [-0.2, 0) is 0 Å². The van der Waals surface area contributed by atoms with Crippen molar-refractivity contribution in [2.24, 2.45) is 5.92 Å². The molecule has 0 aliphatic heterocycles. The van der Waals surface area contributed by atoms with Gasteiger partial charge < -0.3 is 9.47 Å². The molecule has 0 atom stereocenters. The van der Waals surface area contributed by atoms with E-state index in [1.807, 2.05) is 12.1 Å². The second-order valence-corrected chi connectivity index (χ2v) is 8.87. The molecule has 0 spiro atoms. The molecule has 180 valence electrons. The van der Waals surface area contributed by atoms with Crippen molar-refractivity contribution >= 4 is 0 Å². The van der Waals surface area contributed by atoms with E-state index in [-0.39, 0.29) is 17.2 Å². The maximum Gasteiger partial charge on any atom is 0.387 e.